The molecule has 3 atom stereocenters. The van der Waals surface area contributed by atoms with Crippen molar-refractivity contribution >= 4 is 0 Å². The van der Waals surface area contributed by atoms with Gasteiger partial charge in [-0.05, 0) is 50.3 Å². The van der Waals surface area contributed by atoms with Crippen molar-refractivity contribution in [2.24, 2.45) is 5.92 Å². The van der Waals surface area contributed by atoms with Crippen molar-refractivity contribution in [1.82, 2.24) is 5.32 Å². The Bertz CT molecular complexity index is 468. The molecule has 21 heavy (non-hydrogen) atoms. The fourth-order valence-corrected chi connectivity index (χ4v) is 3.85. The van der Waals surface area contributed by atoms with Crippen LogP contribution in [0.5, 0.6) is 0 Å². The molecule has 2 aliphatic rings. The van der Waals surface area contributed by atoms with Crippen molar-refractivity contribution < 1.29 is 9.47 Å². The summed E-state index contributed by atoms with van der Waals surface area (Å²) in [6.07, 6.45) is 4.44. The molecule has 1 spiro atoms. The maximum atomic E-state index is 6.07. The SMILES string of the molecule is CNC(Cc1ccccc1C)C1CCOC2(CCOC2)C1. The number of benzene rings is 1. The fraction of sp³-hybridized carbons (Fsp3) is 0.667. The molecule has 3 unspecified atom stereocenters. The highest BCUT2D eigenvalue weighted by molar-refractivity contribution is 5.26. The van der Waals surface area contributed by atoms with Gasteiger partial charge < -0.3 is 14.8 Å². The summed E-state index contributed by atoms with van der Waals surface area (Å²) in [6, 6.07) is 9.25. The largest absolute Gasteiger partial charge is 0.378 e. The molecule has 2 saturated heterocycles. The van der Waals surface area contributed by atoms with E-state index in [1.165, 1.54) is 11.1 Å². The summed E-state index contributed by atoms with van der Waals surface area (Å²) in [6.45, 7) is 4.72. The first-order valence-corrected chi connectivity index (χ1v) is 8.16. The molecule has 2 aliphatic heterocycles. The number of rotatable bonds is 4. The van der Waals surface area contributed by atoms with Crippen LogP contribution in [-0.2, 0) is 15.9 Å². The second-order valence-corrected chi connectivity index (χ2v) is 6.61. The fourth-order valence-electron chi connectivity index (χ4n) is 3.85. The van der Waals surface area contributed by atoms with Crippen molar-refractivity contribution in [2.45, 2.75) is 44.2 Å². The van der Waals surface area contributed by atoms with E-state index in [1.54, 1.807) is 0 Å². The summed E-state index contributed by atoms with van der Waals surface area (Å²) in [4.78, 5) is 0. The Kier molecular flexibility index (Phi) is 4.63. The Morgan fingerprint density at radius 1 is 1.33 bits per heavy atom. The van der Waals surface area contributed by atoms with E-state index in [2.05, 4.69) is 43.6 Å². The molecule has 1 aromatic carbocycles. The third kappa shape index (κ3) is 3.31. The monoisotopic (exact) mass is 289 g/mol. The van der Waals surface area contributed by atoms with Crippen LogP contribution in [0.2, 0.25) is 0 Å². The van der Waals surface area contributed by atoms with E-state index in [4.69, 9.17) is 9.47 Å². The van der Waals surface area contributed by atoms with Gasteiger partial charge in [0.15, 0.2) is 0 Å². The molecule has 1 N–H and O–H groups in total. The third-order valence-electron chi connectivity index (χ3n) is 5.24. The first-order valence-electron chi connectivity index (χ1n) is 8.16. The van der Waals surface area contributed by atoms with E-state index in [-0.39, 0.29) is 5.60 Å². The predicted octanol–water partition coefficient (Wildman–Crippen LogP) is 2.71. The Morgan fingerprint density at radius 3 is 2.90 bits per heavy atom. The number of aryl methyl sites for hydroxylation is 1. The van der Waals surface area contributed by atoms with Gasteiger partial charge in [0.1, 0.15) is 0 Å². The Labute approximate surface area is 128 Å². The quantitative estimate of drug-likeness (QED) is 0.924. The van der Waals surface area contributed by atoms with Crippen LogP contribution in [0.25, 0.3) is 0 Å². The lowest BCUT2D eigenvalue weighted by atomic mass is 9.79. The molecule has 0 aromatic heterocycles. The predicted molar refractivity (Wildman–Crippen MR) is 84.6 cm³/mol. The maximum Gasteiger partial charge on any atom is 0.0939 e. The Hall–Kier alpha value is -0.900. The maximum absolute atomic E-state index is 6.07. The second-order valence-electron chi connectivity index (χ2n) is 6.61. The lowest BCUT2D eigenvalue weighted by Gasteiger charge is -2.40. The summed E-state index contributed by atoms with van der Waals surface area (Å²) in [5.74, 6) is 0.671. The lowest BCUT2D eigenvalue weighted by molar-refractivity contribution is -0.102. The van der Waals surface area contributed by atoms with Gasteiger partial charge in [-0.3, -0.25) is 0 Å². The van der Waals surface area contributed by atoms with E-state index in [9.17, 15) is 0 Å². The smallest absolute Gasteiger partial charge is 0.0939 e. The summed E-state index contributed by atoms with van der Waals surface area (Å²) in [5, 5.41) is 3.56. The van der Waals surface area contributed by atoms with Crippen LogP contribution >= 0.6 is 0 Å². The van der Waals surface area contributed by atoms with E-state index < -0.39 is 0 Å². The normalized spacial score (nSPS) is 30.7. The zero-order valence-electron chi connectivity index (χ0n) is 13.2. The standard InChI is InChI=1S/C18H27NO2/c1-14-5-3-4-6-15(14)11-17(19-2)16-7-9-21-18(12-16)8-10-20-13-18/h3-6,16-17,19H,7-13H2,1-2H3. The van der Waals surface area contributed by atoms with Crippen molar-refractivity contribution in [3.63, 3.8) is 0 Å². The molecule has 0 bridgehead atoms. The molecule has 0 amide bonds. The van der Waals surface area contributed by atoms with Gasteiger partial charge in [0.2, 0.25) is 0 Å². The van der Waals surface area contributed by atoms with Crippen molar-refractivity contribution in [3.05, 3.63) is 35.4 Å². The minimum absolute atomic E-state index is 0.00372. The summed E-state index contributed by atoms with van der Waals surface area (Å²) >= 11 is 0. The van der Waals surface area contributed by atoms with Crippen LogP contribution < -0.4 is 5.32 Å². The van der Waals surface area contributed by atoms with Crippen LogP contribution in [0.15, 0.2) is 24.3 Å². The zero-order valence-corrected chi connectivity index (χ0v) is 13.2. The van der Waals surface area contributed by atoms with Crippen LogP contribution in [0, 0.1) is 12.8 Å². The molecule has 2 fully saturated rings. The number of nitrogens with one attached hydrogen (secondary N) is 1. The average molecular weight is 289 g/mol. The molecule has 1 aromatic rings. The molecule has 3 nitrogen and oxygen atoms in total. The number of hydrogen-bond acceptors (Lipinski definition) is 3. The molecule has 3 rings (SSSR count). The van der Waals surface area contributed by atoms with Crippen LogP contribution in [0.4, 0.5) is 0 Å². The highest BCUT2D eigenvalue weighted by Gasteiger charge is 2.42. The van der Waals surface area contributed by atoms with Gasteiger partial charge in [-0.2, -0.15) is 0 Å². The van der Waals surface area contributed by atoms with Gasteiger partial charge in [0, 0.05) is 25.7 Å². The second kappa shape index (κ2) is 6.47. The van der Waals surface area contributed by atoms with E-state index >= 15 is 0 Å². The van der Waals surface area contributed by atoms with E-state index in [1.807, 2.05) is 0 Å². The van der Waals surface area contributed by atoms with Crippen molar-refractivity contribution in [3.8, 4) is 0 Å². The summed E-state index contributed by atoms with van der Waals surface area (Å²) in [7, 11) is 2.09. The Balaban J connectivity index is 1.69. The number of hydrogen-bond donors (Lipinski definition) is 1. The van der Waals surface area contributed by atoms with E-state index in [0.717, 1.165) is 45.5 Å². The Morgan fingerprint density at radius 2 is 2.19 bits per heavy atom. The summed E-state index contributed by atoms with van der Waals surface area (Å²) < 4.78 is 11.7. The molecule has 0 radical (unpaired) electrons. The minimum Gasteiger partial charge on any atom is -0.378 e. The van der Waals surface area contributed by atoms with Gasteiger partial charge in [0.25, 0.3) is 0 Å². The van der Waals surface area contributed by atoms with Crippen LogP contribution in [0.1, 0.15) is 30.4 Å². The van der Waals surface area contributed by atoms with Crippen molar-refractivity contribution in [1.29, 1.82) is 0 Å². The highest BCUT2D eigenvalue weighted by atomic mass is 16.6. The third-order valence-corrected chi connectivity index (χ3v) is 5.24. The molecular formula is C18H27NO2. The average Bonchev–Trinajstić information content (AvgIpc) is 2.94. The first kappa shape index (κ1) is 15.0. The number of ether oxygens (including phenoxy) is 2. The number of likely N-dealkylation sites (N-methyl/N-ethyl adjacent to an activating group) is 1. The molecule has 0 saturated carbocycles. The first-order chi connectivity index (χ1) is 10.2. The molecule has 3 heteroatoms. The van der Waals surface area contributed by atoms with Gasteiger partial charge in [-0.15, -0.1) is 0 Å². The van der Waals surface area contributed by atoms with Gasteiger partial charge in [-0.1, -0.05) is 24.3 Å². The van der Waals surface area contributed by atoms with Gasteiger partial charge in [0.05, 0.1) is 12.2 Å². The topological polar surface area (TPSA) is 30.5 Å². The van der Waals surface area contributed by atoms with Crippen LogP contribution in [0.3, 0.4) is 0 Å². The minimum atomic E-state index is 0.00372. The molecule has 0 aliphatic carbocycles. The van der Waals surface area contributed by atoms with E-state index in [0.29, 0.717) is 12.0 Å². The molecule has 2 heterocycles. The summed E-state index contributed by atoms with van der Waals surface area (Å²) in [5.41, 5.74) is 2.85. The van der Waals surface area contributed by atoms with Gasteiger partial charge >= 0.3 is 0 Å². The van der Waals surface area contributed by atoms with Crippen molar-refractivity contribution in [2.75, 3.05) is 26.9 Å². The zero-order chi connectivity index (χ0) is 14.7. The van der Waals surface area contributed by atoms with Gasteiger partial charge in [-0.25, -0.2) is 0 Å². The highest BCUT2D eigenvalue weighted by Crippen LogP contribution is 2.37. The molecule has 116 valence electrons. The molecular weight excluding hydrogens is 262 g/mol. The van der Waals surface area contributed by atoms with Crippen LogP contribution in [-0.4, -0.2) is 38.5 Å². The lowest BCUT2D eigenvalue weighted by Crippen LogP contribution is -2.47.